The molecule has 0 radical (unpaired) electrons. The van der Waals surface area contributed by atoms with Crippen molar-refractivity contribution in [3.05, 3.63) is 46.8 Å². The summed E-state index contributed by atoms with van der Waals surface area (Å²) >= 11 is 0. The molecule has 1 atom stereocenters. The maximum absolute atomic E-state index is 11.2. The molecule has 0 spiro atoms. The number of para-hydroxylation sites is 2. The van der Waals surface area contributed by atoms with E-state index in [2.05, 4.69) is 30.4 Å². The number of aromatic nitrogens is 4. The van der Waals surface area contributed by atoms with E-state index in [0.29, 0.717) is 6.04 Å². The Hall–Kier alpha value is -2.83. The third-order valence-corrected chi connectivity index (χ3v) is 4.48. The summed E-state index contributed by atoms with van der Waals surface area (Å²) in [7, 11) is 0. The maximum Gasteiger partial charge on any atom is 0.264 e. The molecule has 3 heterocycles. The van der Waals surface area contributed by atoms with Crippen LogP contribution in [0.15, 0.2) is 41.2 Å². The third-order valence-electron chi connectivity index (χ3n) is 4.48. The summed E-state index contributed by atoms with van der Waals surface area (Å²) in [6.07, 6.45) is 3.43. The van der Waals surface area contributed by atoms with Gasteiger partial charge in [0.25, 0.3) is 5.56 Å². The van der Waals surface area contributed by atoms with Crippen LogP contribution < -0.4 is 15.8 Å². The first-order chi connectivity index (χ1) is 11.8. The SMILES string of the molecule is O=c1ccc(N2CCCCC2CNc2nc3ccccc3[nH]2)n[nH]1. The Morgan fingerprint density at radius 1 is 1.21 bits per heavy atom. The van der Waals surface area contributed by atoms with Gasteiger partial charge in [-0.05, 0) is 37.5 Å². The first-order valence-electron chi connectivity index (χ1n) is 8.30. The number of anilines is 2. The van der Waals surface area contributed by atoms with Gasteiger partial charge in [0.15, 0.2) is 0 Å². The second-order valence-corrected chi connectivity index (χ2v) is 6.11. The molecule has 1 aliphatic rings. The summed E-state index contributed by atoms with van der Waals surface area (Å²) in [5.41, 5.74) is 1.82. The van der Waals surface area contributed by atoms with Gasteiger partial charge < -0.3 is 15.2 Å². The zero-order chi connectivity index (χ0) is 16.4. The fourth-order valence-corrected chi connectivity index (χ4v) is 3.26. The highest BCUT2D eigenvalue weighted by molar-refractivity contribution is 5.77. The van der Waals surface area contributed by atoms with Crippen LogP contribution in [-0.4, -0.2) is 39.3 Å². The molecule has 4 rings (SSSR count). The van der Waals surface area contributed by atoms with Crippen LogP contribution in [0.4, 0.5) is 11.8 Å². The van der Waals surface area contributed by atoms with Crippen LogP contribution in [-0.2, 0) is 0 Å². The molecule has 7 nitrogen and oxygen atoms in total. The minimum atomic E-state index is -0.173. The predicted octanol–water partition coefficient (Wildman–Crippen LogP) is 2.12. The summed E-state index contributed by atoms with van der Waals surface area (Å²) in [6.45, 7) is 1.73. The van der Waals surface area contributed by atoms with Gasteiger partial charge in [0, 0.05) is 25.2 Å². The second kappa shape index (κ2) is 6.35. The van der Waals surface area contributed by atoms with Crippen molar-refractivity contribution in [2.24, 2.45) is 0 Å². The van der Waals surface area contributed by atoms with E-state index in [0.717, 1.165) is 48.7 Å². The van der Waals surface area contributed by atoms with Crippen molar-refractivity contribution in [2.45, 2.75) is 25.3 Å². The van der Waals surface area contributed by atoms with E-state index in [1.807, 2.05) is 24.3 Å². The minimum Gasteiger partial charge on any atom is -0.354 e. The average Bonchev–Trinajstić information content (AvgIpc) is 3.04. The Morgan fingerprint density at radius 2 is 2.12 bits per heavy atom. The number of nitrogens with one attached hydrogen (secondary N) is 3. The number of piperidine rings is 1. The Balaban J connectivity index is 1.48. The molecule has 3 N–H and O–H groups in total. The molecule has 1 fully saturated rings. The van der Waals surface area contributed by atoms with E-state index in [1.54, 1.807) is 6.07 Å². The zero-order valence-electron chi connectivity index (χ0n) is 13.3. The molecule has 1 unspecified atom stereocenters. The van der Waals surface area contributed by atoms with Crippen molar-refractivity contribution in [1.82, 2.24) is 20.2 Å². The lowest BCUT2D eigenvalue weighted by Crippen LogP contribution is -2.44. The van der Waals surface area contributed by atoms with Crippen molar-refractivity contribution >= 4 is 22.8 Å². The lowest BCUT2D eigenvalue weighted by Gasteiger charge is -2.36. The molecule has 1 aliphatic heterocycles. The monoisotopic (exact) mass is 324 g/mol. The van der Waals surface area contributed by atoms with Crippen molar-refractivity contribution in [3.63, 3.8) is 0 Å². The average molecular weight is 324 g/mol. The molecule has 0 amide bonds. The zero-order valence-corrected chi connectivity index (χ0v) is 13.3. The Morgan fingerprint density at radius 3 is 2.96 bits per heavy atom. The normalized spacial score (nSPS) is 18.0. The van der Waals surface area contributed by atoms with Gasteiger partial charge >= 0.3 is 0 Å². The fourth-order valence-electron chi connectivity index (χ4n) is 3.26. The summed E-state index contributed by atoms with van der Waals surface area (Å²) in [5, 5.41) is 10.1. The van der Waals surface area contributed by atoms with Crippen molar-refractivity contribution < 1.29 is 0 Å². The molecular formula is C17H20N6O. The highest BCUT2D eigenvalue weighted by Crippen LogP contribution is 2.22. The van der Waals surface area contributed by atoms with Gasteiger partial charge in [0.05, 0.1) is 11.0 Å². The number of benzene rings is 1. The molecular weight excluding hydrogens is 304 g/mol. The molecule has 24 heavy (non-hydrogen) atoms. The van der Waals surface area contributed by atoms with Gasteiger partial charge in [-0.2, -0.15) is 5.10 Å². The smallest absolute Gasteiger partial charge is 0.264 e. The Kier molecular flexibility index (Phi) is 3.90. The molecule has 0 aliphatic carbocycles. The number of hydrogen-bond acceptors (Lipinski definition) is 5. The van der Waals surface area contributed by atoms with E-state index >= 15 is 0 Å². The van der Waals surface area contributed by atoms with Crippen molar-refractivity contribution in [1.29, 1.82) is 0 Å². The quantitative estimate of drug-likeness (QED) is 0.684. The first kappa shape index (κ1) is 14.7. The molecule has 124 valence electrons. The summed E-state index contributed by atoms with van der Waals surface area (Å²) in [6, 6.07) is 11.6. The molecule has 0 bridgehead atoms. The van der Waals surface area contributed by atoms with Crippen LogP contribution in [0.3, 0.4) is 0 Å². The van der Waals surface area contributed by atoms with Crippen LogP contribution in [0.25, 0.3) is 11.0 Å². The number of imidazole rings is 1. The van der Waals surface area contributed by atoms with E-state index in [9.17, 15) is 4.79 Å². The van der Waals surface area contributed by atoms with E-state index < -0.39 is 0 Å². The standard InChI is InChI=1S/C17H20N6O/c24-16-9-8-15(21-22-16)23-10-4-3-5-12(23)11-18-17-19-13-6-1-2-7-14(13)20-17/h1-2,6-9,12H,3-5,10-11H2,(H,22,24)(H2,18,19,20). The van der Waals surface area contributed by atoms with E-state index in [-0.39, 0.29) is 5.56 Å². The lowest BCUT2D eigenvalue weighted by atomic mass is 10.0. The van der Waals surface area contributed by atoms with Gasteiger partial charge in [0.2, 0.25) is 5.95 Å². The van der Waals surface area contributed by atoms with E-state index in [4.69, 9.17) is 0 Å². The topological polar surface area (TPSA) is 89.7 Å². The van der Waals surface area contributed by atoms with Gasteiger partial charge in [-0.3, -0.25) is 4.79 Å². The second-order valence-electron chi connectivity index (χ2n) is 6.11. The molecule has 3 aromatic rings. The number of H-pyrrole nitrogens is 2. The summed E-state index contributed by atoms with van der Waals surface area (Å²) in [4.78, 5) is 21.3. The van der Waals surface area contributed by atoms with Crippen LogP contribution >= 0.6 is 0 Å². The third kappa shape index (κ3) is 2.97. The van der Waals surface area contributed by atoms with Crippen LogP contribution in [0.5, 0.6) is 0 Å². The highest BCUT2D eigenvalue weighted by atomic mass is 16.1. The predicted molar refractivity (Wildman–Crippen MR) is 94.4 cm³/mol. The van der Waals surface area contributed by atoms with Gasteiger partial charge in [-0.1, -0.05) is 12.1 Å². The fraction of sp³-hybridized carbons (Fsp3) is 0.353. The first-order valence-corrected chi connectivity index (χ1v) is 8.30. The largest absolute Gasteiger partial charge is 0.354 e. The Labute approximate surface area is 139 Å². The maximum atomic E-state index is 11.2. The van der Waals surface area contributed by atoms with E-state index in [1.165, 1.54) is 12.5 Å². The number of fused-ring (bicyclic) bond motifs is 1. The molecule has 1 aromatic carbocycles. The molecule has 2 aromatic heterocycles. The molecule has 7 heteroatoms. The molecule has 0 saturated carbocycles. The van der Waals surface area contributed by atoms with Crippen molar-refractivity contribution in [2.75, 3.05) is 23.3 Å². The summed E-state index contributed by atoms with van der Waals surface area (Å²) < 4.78 is 0. The Bertz CT molecular complexity index is 832. The summed E-state index contributed by atoms with van der Waals surface area (Å²) in [5.74, 6) is 1.61. The lowest BCUT2D eigenvalue weighted by molar-refractivity contribution is 0.467. The number of rotatable bonds is 4. The number of hydrogen-bond donors (Lipinski definition) is 3. The van der Waals surface area contributed by atoms with Crippen LogP contribution in [0.2, 0.25) is 0 Å². The van der Waals surface area contributed by atoms with Crippen LogP contribution in [0.1, 0.15) is 19.3 Å². The highest BCUT2D eigenvalue weighted by Gasteiger charge is 2.23. The van der Waals surface area contributed by atoms with Gasteiger partial charge in [-0.25, -0.2) is 10.1 Å². The van der Waals surface area contributed by atoms with Crippen molar-refractivity contribution in [3.8, 4) is 0 Å². The molecule has 1 saturated heterocycles. The van der Waals surface area contributed by atoms with Crippen LogP contribution in [0, 0.1) is 0 Å². The number of aromatic amines is 2. The van der Waals surface area contributed by atoms with Gasteiger partial charge in [0.1, 0.15) is 5.82 Å². The van der Waals surface area contributed by atoms with Gasteiger partial charge in [-0.15, -0.1) is 0 Å². The minimum absolute atomic E-state index is 0.173. The number of nitrogens with zero attached hydrogens (tertiary/aromatic N) is 3.